The molecule has 0 aromatic carbocycles. The molecule has 0 radical (unpaired) electrons. The van der Waals surface area contributed by atoms with Crippen molar-refractivity contribution >= 4 is 31.8 Å². The molecule has 1 saturated heterocycles. The molecule has 0 amide bonds. The van der Waals surface area contributed by atoms with E-state index < -0.39 is 0 Å². The molecule has 16 heavy (non-hydrogen) atoms. The summed E-state index contributed by atoms with van der Waals surface area (Å²) < 4.78 is 11.0. The molecule has 0 aromatic heterocycles. The third kappa shape index (κ3) is 5.31. The summed E-state index contributed by atoms with van der Waals surface area (Å²) in [4.78, 5) is 10.4. The molecule has 0 bridgehead atoms. The summed E-state index contributed by atoms with van der Waals surface area (Å²) in [7, 11) is 0. The third-order valence-corrected chi connectivity index (χ3v) is 3.02. The number of ether oxygens (including phenoxy) is 1. The molecule has 0 aromatic rings. The zero-order valence-electron chi connectivity index (χ0n) is 9.19. The quantitative estimate of drug-likeness (QED) is 0.239. The van der Waals surface area contributed by atoms with Gasteiger partial charge in [-0.05, 0) is 0 Å². The van der Waals surface area contributed by atoms with Gasteiger partial charge >= 0.3 is 103 Å². The Labute approximate surface area is 103 Å². The molecular weight excluding hydrogens is 242 g/mol. The van der Waals surface area contributed by atoms with Gasteiger partial charge in [0.2, 0.25) is 0 Å². The monoisotopic (exact) mass is 258 g/mol. The van der Waals surface area contributed by atoms with E-state index in [2.05, 4.69) is 6.58 Å². The number of hydrogen-bond acceptors (Lipinski definition) is 4. The first-order chi connectivity index (χ1) is 7.76. The van der Waals surface area contributed by atoms with Gasteiger partial charge in [-0.2, -0.15) is 0 Å². The number of carbonyl (C=O) groups excluding carboxylic acids is 1. The van der Waals surface area contributed by atoms with E-state index in [0.29, 0.717) is 19.9 Å². The summed E-state index contributed by atoms with van der Waals surface area (Å²) in [6.45, 7) is 6.55. The van der Waals surface area contributed by atoms with Gasteiger partial charge in [-0.25, -0.2) is 0 Å². The summed E-state index contributed by atoms with van der Waals surface area (Å²) in [5, 5.41) is 0. The molecule has 1 aliphatic rings. The Morgan fingerprint density at radius 1 is 1.62 bits per heavy atom. The summed E-state index contributed by atoms with van der Waals surface area (Å²) in [5.74, 6) is 0. The van der Waals surface area contributed by atoms with E-state index in [1.54, 1.807) is 6.82 Å². The first-order valence-electron chi connectivity index (χ1n) is 5.33. The summed E-state index contributed by atoms with van der Waals surface area (Å²) >= 11 is 4.76. The van der Waals surface area contributed by atoms with Crippen LogP contribution in [-0.2, 0) is 26.0 Å². The van der Waals surface area contributed by atoms with Gasteiger partial charge in [-0.1, -0.05) is 0 Å². The molecule has 3 nitrogen and oxygen atoms in total. The zero-order chi connectivity index (χ0) is 11.8. The van der Waals surface area contributed by atoms with Gasteiger partial charge in [-0.3, -0.25) is 0 Å². The van der Waals surface area contributed by atoms with Crippen LogP contribution in [0.15, 0.2) is 12.2 Å². The van der Waals surface area contributed by atoms with Crippen molar-refractivity contribution in [2.24, 2.45) is 0 Å². The number of rotatable bonds is 6. The fourth-order valence-corrected chi connectivity index (χ4v) is 2.19. The van der Waals surface area contributed by atoms with Crippen molar-refractivity contribution in [2.75, 3.05) is 6.61 Å². The van der Waals surface area contributed by atoms with Gasteiger partial charge in [0.1, 0.15) is 0 Å². The Morgan fingerprint density at radius 2 is 2.38 bits per heavy atom. The van der Waals surface area contributed by atoms with Crippen LogP contribution in [-0.4, -0.2) is 31.9 Å². The molecule has 6 heteroatoms. The van der Waals surface area contributed by atoms with Crippen LogP contribution in [0.1, 0.15) is 25.7 Å². The van der Waals surface area contributed by atoms with Crippen molar-refractivity contribution in [3.8, 4) is 0 Å². The molecule has 0 spiro atoms. The number of hydrogen-bond donors (Lipinski definition) is 0. The van der Waals surface area contributed by atoms with Gasteiger partial charge < -0.3 is 0 Å². The number of aldehydes is 1. The molecule has 1 rings (SSSR count). The molecule has 0 N–H and O–H groups in total. The van der Waals surface area contributed by atoms with Crippen LogP contribution in [0.4, 0.5) is 0 Å². The first kappa shape index (κ1) is 14.0. The molecule has 1 heterocycles. The van der Waals surface area contributed by atoms with Crippen molar-refractivity contribution < 1.29 is 14.2 Å². The average molecular weight is 258 g/mol. The fourth-order valence-electron chi connectivity index (χ4n) is 1.80. The van der Waals surface area contributed by atoms with Gasteiger partial charge in [0.05, 0.1) is 0 Å². The predicted octanol–water partition coefficient (Wildman–Crippen LogP) is 1.76. The van der Waals surface area contributed by atoms with Crippen LogP contribution in [0, 0.1) is 0 Å². The Balaban J connectivity index is 2.32. The maximum absolute atomic E-state index is 10.4. The minimum absolute atomic E-state index is 0.00792. The van der Waals surface area contributed by atoms with Crippen LogP contribution in [0.25, 0.3) is 0 Å². The normalized spacial score (nSPS) is 25.4. The molecule has 0 aliphatic carbocycles. The maximum atomic E-state index is 10.4. The Kier molecular flexibility index (Phi) is 7.05. The van der Waals surface area contributed by atoms with Crippen LogP contribution in [0.3, 0.4) is 0 Å². The molecular formula is C10H16BO3PS. The van der Waals surface area contributed by atoms with E-state index in [1.165, 1.54) is 0 Å². The third-order valence-electron chi connectivity index (χ3n) is 2.47. The standard InChI is InChI=1S/C10H16BO3PS/c1-8-6-9(2-4-12)14-10(7-8)3-5-13-11-15-16/h4,9-10,15H,1-3,5-7H2/t9-,10-/m0/s1. The summed E-state index contributed by atoms with van der Waals surface area (Å²) in [6, 6.07) is 0. The molecule has 88 valence electrons. The van der Waals surface area contributed by atoms with E-state index in [9.17, 15) is 4.79 Å². The molecule has 1 unspecified atom stereocenters. The van der Waals surface area contributed by atoms with Gasteiger partial charge in [0.15, 0.2) is 0 Å². The predicted molar refractivity (Wildman–Crippen MR) is 69.7 cm³/mol. The van der Waals surface area contributed by atoms with E-state index >= 15 is 0 Å². The van der Waals surface area contributed by atoms with Gasteiger partial charge in [0.25, 0.3) is 0 Å². The van der Waals surface area contributed by atoms with Gasteiger partial charge in [0, 0.05) is 0 Å². The van der Waals surface area contributed by atoms with Crippen LogP contribution in [0.5, 0.6) is 0 Å². The minimum atomic E-state index is 0.00792. The van der Waals surface area contributed by atoms with Crippen molar-refractivity contribution in [3.63, 3.8) is 0 Å². The second-order valence-electron chi connectivity index (χ2n) is 3.84. The molecule has 3 atom stereocenters. The van der Waals surface area contributed by atoms with E-state index in [0.717, 1.165) is 31.1 Å². The van der Waals surface area contributed by atoms with Crippen LogP contribution >= 0.6 is 6.85 Å². The van der Waals surface area contributed by atoms with E-state index in [4.69, 9.17) is 21.2 Å². The van der Waals surface area contributed by atoms with E-state index in [1.807, 2.05) is 0 Å². The van der Waals surface area contributed by atoms with Crippen LogP contribution < -0.4 is 0 Å². The molecule has 1 fully saturated rings. The molecule has 0 saturated carbocycles. The van der Waals surface area contributed by atoms with Crippen molar-refractivity contribution in [2.45, 2.75) is 37.9 Å². The second kappa shape index (κ2) is 8.07. The molecule has 1 aliphatic heterocycles. The average Bonchev–Trinajstić information content (AvgIpc) is 2.24. The topological polar surface area (TPSA) is 35.5 Å². The van der Waals surface area contributed by atoms with Crippen molar-refractivity contribution in [1.82, 2.24) is 0 Å². The Morgan fingerprint density at radius 3 is 3.06 bits per heavy atom. The fraction of sp³-hybridized carbons (Fsp3) is 0.700. The Hall–Kier alpha value is -0.0851. The van der Waals surface area contributed by atoms with Gasteiger partial charge in [-0.15, -0.1) is 0 Å². The van der Waals surface area contributed by atoms with E-state index in [-0.39, 0.29) is 12.2 Å². The number of carbonyl (C=O) groups is 1. The summed E-state index contributed by atoms with van der Waals surface area (Å²) in [5.41, 5.74) is 1.16. The van der Waals surface area contributed by atoms with Crippen LogP contribution in [0.2, 0.25) is 0 Å². The Bertz CT molecular complexity index is 304. The van der Waals surface area contributed by atoms with Crippen molar-refractivity contribution in [3.05, 3.63) is 12.2 Å². The zero-order valence-corrected chi connectivity index (χ0v) is 11.0. The SMILES string of the molecule is C=C1C[C@H](CC=O)O[C@@H](CCOB=[PH]=S)C1. The van der Waals surface area contributed by atoms with Crippen molar-refractivity contribution in [1.29, 1.82) is 0 Å². The first-order valence-corrected chi connectivity index (χ1v) is 7.54. The second-order valence-corrected chi connectivity index (χ2v) is 5.01. The summed E-state index contributed by atoms with van der Waals surface area (Å²) in [6.07, 6.45) is 4.00.